The van der Waals surface area contributed by atoms with E-state index in [1.54, 1.807) is 22.1 Å². The molecule has 236 valence electrons. The van der Waals surface area contributed by atoms with Crippen LogP contribution in [-0.2, 0) is 9.53 Å². The number of hydrogen-bond acceptors (Lipinski definition) is 8. The van der Waals surface area contributed by atoms with Gasteiger partial charge in [-0.15, -0.1) is 11.3 Å². The smallest absolute Gasteiger partial charge is 0.331 e. The highest BCUT2D eigenvalue weighted by Gasteiger charge is 2.34. The Labute approximate surface area is 270 Å². The minimum atomic E-state index is -0.375. The molecule has 2 aromatic heterocycles. The molecule has 3 aliphatic rings. The van der Waals surface area contributed by atoms with E-state index < -0.39 is 0 Å². The molecule has 4 aromatic rings. The molecule has 2 N–H and O–H groups in total. The van der Waals surface area contributed by atoms with Gasteiger partial charge in [0.25, 0.3) is 5.91 Å². The van der Waals surface area contributed by atoms with Crippen LogP contribution in [0, 0.1) is 6.92 Å². The molecule has 2 aromatic carbocycles. The van der Waals surface area contributed by atoms with Crippen molar-refractivity contribution in [1.29, 1.82) is 0 Å². The van der Waals surface area contributed by atoms with E-state index in [2.05, 4.69) is 20.5 Å². The first kappa shape index (κ1) is 29.9. The maximum absolute atomic E-state index is 13.8. The first-order valence-electron chi connectivity index (χ1n) is 15.3. The van der Waals surface area contributed by atoms with Crippen molar-refractivity contribution in [1.82, 2.24) is 20.1 Å². The predicted octanol–water partition coefficient (Wildman–Crippen LogP) is 6.00. The van der Waals surface area contributed by atoms with Gasteiger partial charge in [0.15, 0.2) is 0 Å². The van der Waals surface area contributed by atoms with E-state index in [1.807, 2.05) is 62.4 Å². The number of morpholine rings is 1. The van der Waals surface area contributed by atoms with Crippen LogP contribution in [0.2, 0.25) is 0 Å². The zero-order valence-corrected chi connectivity index (χ0v) is 26.5. The van der Waals surface area contributed by atoms with Gasteiger partial charge in [-0.2, -0.15) is 0 Å². The lowest BCUT2D eigenvalue weighted by Crippen LogP contribution is -2.46. The van der Waals surface area contributed by atoms with E-state index in [0.29, 0.717) is 76.3 Å². The Morgan fingerprint density at radius 2 is 1.83 bits per heavy atom. The molecule has 0 atom stereocenters. The minimum absolute atomic E-state index is 0.0129. The number of carbonyl (C=O) groups excluding carboxylic acids is 3. The number of thiophene rings is 1. The number of hydrogen-bond donors (Lipinski definition) is 2. The van der Waals surface area contributed by atoms with Crippen LogP contribution in [-0.4, -0.2) is 72.0 Å². The molecule has 4 amide bonds. The predicted molar refractivity (Wildman–Crippen MR) is 177 cm³/mol. The number of pyridine rings is 1. The molecule has 5 heterocycles. The quantitative estimate of drug-likeness (QED) is 0.255. The SMILES string of the molecule is CC1=C(NC(=O)c2sc3nccc4c3c2NC(=O)N4c2ccc(Oc3ccccc3)cc2C)CCCN1C(=O)CN1CCOCC1. The Bertz CT molecular complexity index is 1870. The monoisotopic (exact) mass is 638 g/mol. The summed E-state index contributed by atoms with van der Waals surface area (Å²) in [6.45, 7) is 7.44. The molecule has 0 bridgehead atoms. The van der Waals surface area contributed by atoms with E-state index in [1.165, 1.54) is 11.3 Å². The Balaban J connectivity index is 1.14. The van der Waals surface area contributed by atoms with E-state index in [4.69, 9.17) is 9.47 Å². The molecule has 0 aliphatic carbocycles. The Morgan fingerprint density at radius 3 is 2.61 bits per heavy atom. The zero-order chi connectivity index (χ0) is 31.8. The molecule has 0 spiro atoms. The number of aryl methyl sites for hydroxylation is 1. The second-order valence-corrected chi connectivity index (χ2v) is 12.5. The van der Waals surface area contributed by atoms with Crippen LogP contribution < -0.4 is 20.3 Å². The van der Waals surface area contributed by atoms with E-state index in [-0.39, 0.29) is 17.8 Å². The summed E-state index contributed by atoms with van der Waals surface area (Å²) in [5, 5.41) is 6.74. The van der Waals surface area contributed by atoms with Crippen LogP contribution in [0.15, 0.2) is 72.2 Å². The summed E-state index contributed by atoms with van der Waals surface area (Å²) in [5.74, 6) is 1.06. The number of anilines is 3. The van der Waals surface area contributed by atoms with Crippen LogP contribution >= 0.6 is 11.3 Å². The first-order valence-corrected chi connectivity index (χ1v) is 16.2. The molecule has 11 nitrogen and oxygen atoms in total. The molecule has 0 unspecified atom stereocenters. The van der Waals surface area contributed by atoms with Gasteiger partial charge in [0.1, 0.15) is 21.2 Å². The standard InChI is InChI=1S/C34H34N6O5S/c1-21-19-24(45-23-7-4-3-5-8-23)10-11-26(21)40-27-12-13-35-33-29(27)30(37-34(40)43)31(46-33)32(42)36-25-9-6-14-39(22(25)2)28(41)20-38-15-17-44-18-16-38/h3-5,7-8,10-13,19H,6,9,14-18,20H2,1-2H3,(H,36,42)(H,37,43). The maximum Gasteiger partial charge on any atom is 0.331 e. The fraction of sp³-hybridized carbons (Fsp3) is 0.294. The fourth-order valence-electron chi connectivity index (χ4n) is 6.17. The van der Waals surface area contributed by atoms with Crippen molar-refractivity contribution in [2.75, 3.05) is 49.6 Å². The second-order valence-electron chi connectivity index (χ2n) is 11.5. The summed E-state index contributed by atoms with van der Waals surface area (Å²) in [7, 11) is 0. The number of rotatable bonds is 7. The van der Waals surface area contributed by atoms with Gasteiger partial charge in [0.2, 0.25) is 5.91 Å². The van der Waals surface area contributed by atoms with Crippen LogP contribution in [0.25, 0.3) is 10.2 Å². The van der Waals surface area contributed by atoms with Gasteiger partial charge in [-0.25, -0.2) is 9.78 Å². The number of benzene rings is 2. The summed E-state index contributed by atoms with van der Waals surface area (Å²) in [5.41, 5.74) is 4.08. The average molecular weight is 639 g/mol. The van der Waals surface area contributed by atoms with E-state index >= 15 is 0 Å². The van der Waals surface area contributed by atoms with Gasteiger partial charge in [-0.3, -0.25) is 19.4 Å². The highest BCUT2D eigenvalue weighted by atomic mass is 32.1. The normalized spacial score (nSPS) is 16.9. The average Bonchev–Trinajstić information content (AvgIpc) is 3.43. The van der Waals surface area contributed by atoms with Crippen LogP contribution in [0.4, 0.5) is 21.9 Å². The summed E-state index contributed by atoms with van der Waals surface area (Å²) in [6.07, 6.45) is 3.04. The number of amides is 4. The summed E-state index contributed by atoms with van der Waals surface area (Å²) in [4.78, 5) is 51.7. The van der Waals surface area contributed by atoms with Crippen molar-refractivity contribution in [3.8, 4) is 11.5 Å². The Hall–Kier alpha value is -4.78. The van der Waals surface area contributed by atoms with Crippen molar-refractivity contribution in [3.05, 3.63) is 82.6 Å². The molecule has 7 rings (SSSR count). The number of aromatic nitrogens is 1. The molecule has 0 radical (unpaired) electrons. The zero-order valence-electron chi connectivity index (χ0n) is 25.7. The first-order chi connectivity index (χ1) is 22.4. The Kier molecular flexibility index (Phi) is 8.16. The van der Waals surface area contributed by atoms with Crippen LogP contribution in [0.1, 0.15) is 35.0 Å². The van der Waals surface area contributed by atoms with Gasteiger partial charge in [-0.05, 0) is 68.7 Å². The highest BCUT2D eigenvalue weighted by molar-refractivity contribution is 7.21. The molecule has 12 heteroatoms. The van der Waals surface area contributed by atoms with Gasteiger partial charge >= 0.3 is 6.03 Å². The molecular weight excluding hydrogens is 604 g/mol. The number of urea groups is 1. The fourth-order valence-corrected chi connectivity index (χ4v) is 7.18. The molecule has 1 saturated heterocycles. The lowest BCUT2D eigenvalue weighted by molar-refractivity contribution is -0.131. The number of allylic oxidation sites excluding steroid dienone is 2. The summed E-state index contributed by atoms with van der Waals surface area (Å²) in [6, 6.07) is 16.5. The van der Waals surface area contributed by atoms with Crippen molar-refractivity contribution in [2.24, 2.45) is 0 Å². The third-order valence-corrected chi connectivity index (χ3v) is 9.61. The summed E-state index contributed by atoms with van der Waals surface area (Å²) < 4.78 is 11.4. The van der Waals surface area contributed by atoms with Gasteiger partial charge in [0.05, 0.1) is 42.2 Å². The van der Waals surface area contributed by atoms with Crippen molar-refractivity contribution in [3.63, 3.8) is 0 Å². The molecule has 1 fully saturated rings. The van der Waals surface area contributed by atoms with Gasteiger partial charge in [-0.1, -0.05) is 18.2 Å². The lowest BCUT2D eigenvalue weighted by atomic mass is 10.1. The van der Waals surface area contributed by atoms with Crippen LogP contribution in [0.3, 0.4) is 0 Å². The number of nitrogens with one attached hydrogen (secondary N) is 2. The van der Waals surface area contributed by atoms with E-state index in [0.717, 1.165) is 36.5 Å². The summed E-state index contributed by atoms with van der Waals surface area (Å²) >= 11 is 1.23. The minimum Gasteiger partial charge on any atom is -0.457 e. The lowest BCUT2D eigenvalue weighted by Gasteiger charge is -2.33. The maximum atomic E-state index is 13.8. The number of carbonyl (C=O) groups is 3. The largest absolute Gasteiger partial charge is 0.457 e. The van der Waals surface area contributed by atoms with Crippen LogP contribution in [0.5, 0.6) is 11.5 Å². The second kappa shape index (κ2) is 12.5. The van der Waals surface area contributed by atoms with Gasteiger partial charge in [0, 0.05) is 37.2 Å². The highest BCUT2D eigenvalue weighted by Crippen LogP contribution is 2.46. The van der Waals surface area contributed by atoms with Crippen molar-refractivity contribution in [2.45, 2.75) is 26.7 Å². The molecule has 3 aliphatic heterocycles. The van der Waals surface area contributed by atoms with Crippen molar-refractivity contribution >= 4 is 56.5 Å². The van der Waals surface area contributed by atoms with E-state index in [9.17, 15) is 14.4 Å². The number of nitrogens with zero attached hydrogens (tertiary/aromatic N) is 4. The third kappa shape index (κ3) is 5.70. The molecule has 0 saturated carbocycles. The third-order valence-electron chi connectivity index (χ3n) is 8.52. The topological polar surface area (TPSA) is 116 Å². The van der Waals surface area contributed by atoms with Gasteiger partial charge < -0.3 is 25.0 Å². The molecule has 46 heavy (non-hydrogen) atoms. The molecular formula is C34H34N6O5S. The number of ether oxygens (including phenoxy) is 2. The Morgan fingerprint density at radius 1 is 1.02 bits per heavy atom. The number of para-hydroxylation sites is 1. The van der Waals surface area contributed by atoms with Crippen molar-refractivity contribution < 1.29 is 23.9 Å².